The van der Waals surface area contributed by atoms with Crippen LogP contribution in [-0.4, -0.2) is 28.5 Å². The number of thioether (sulfide) groups is 1. The van der Waals surface area contributed by atoms with Crippen LogP contribution in [0.3, 0.4) is 0 Å². The Morgan fingerprint density at radius 3 is 2.71 bits per heavy atom. The zero-order valence-electron chi connectivity index (χ0n) is 12.7. The number of nitrogens with one attached hydrogen (secondary N) is 2. The zero-order chi connectivity index (χ0) is 16.0. The largest absolute Gasteiger partial charge is 0.337 e. The first kappa shape index (κ1) is 17.3. The van der Waals surface area contributed by atoms with Gasteiger partial charge in [0.15, 0.2) is 0 Å². The van der Waals surface area contributed by atoms with E-state index in [2.05, 4.69) is 10.6 Å². The van der Waals surface area contributed by atoms with Gasteiger partial charge in [-0.2, -0.15) is 11.8 Å². The maximum atomic E-state index is 11.8. The molecule has 1 atom stereocenters. The Morgan fingerprint density at radius 1 is 1.48 bits per heavy atom. The predicted octanol–water partition coefficient (Wildman–Crippen LogP) is 3.10. The summed E-state index contributed by atoms with van der Waals surface area (Å²) in [5.74, 6) is 0. The van der Waals surface area contributed by atoms with Crippen molar-refractivity contribution in [1.29, 1.82) is 0 Å². The van der Waals surface area contributed by atoms with E-state index < -0.39 is 4.92 Å². The second kappa shape index (κ2) is 7.31. The lowest BCUT2D eigenvalue weighted by molar-refractivity contribution is -0.384. The first-order valence-corrected chi connectivity index (χ1v) is 7.81. The molecule has 2 N–H and O–H groups in total. The van der Waals surface area contributed by atoms with Gasteiger partial charge in [-0.05, 0) is 32.6 Å². The Labute approximate surface area is 128 Å². The standard InChI is InChI=1S/C14H21N3O3S/c1-10(11-6-5-7-12(8-11)17(19)20)16-13(18)15-9-14(2,3)21-4/h5-8,10H,9H2,1-4H3,(H2,15,16,18)/t10-/m0/s1. The van der Waals surface area contributed by atoms with E-state index >= 15 is 0 Å². The SMILES string of the molecule is CSC(C)(C)CNC(=O)N[C@@H](C)c1cccc([N+](=O)[O-])c1. The van der Waals surface area contributed by atoms with Gasteiger partial charge in [-0.25, -0.2) is 4.79 Å². The molecule has 0 bridgehead atoms. The highest BCUT2D eigenvalue weighted by Crippen LogP contribution is 2.20. The van der Waals surface area contributed by atoms with E-state index in [1.807, 2.05) is 20.1 Å². The van der Waals surface area contributed by atoms with Crippen molar-refractivity contribution < 1.29 is 9.72 Å². The van der Waals surface area contributed by atoms with Gasteiger partial charge in [0.1, 0.15) is 0 Å². The molecular weight excluding hydrogens is 290 g/mol. The topological polar surface area (TPSA) is 84.3 Å². The van der Waals surface area contributed by atoms with Crippen LogP contribution in [0.15, 0.2) is 24.3 Å². The van der Waals surface area contributed by atoms with E-state index in [0.717, 1.165) is 0 Å². The summed E-state index contributed by atoms with van der Waals surface area (Å²) in [6.07, 6.45) is 1.99. The minimum atomic E-state index is -0.447. The number of nitrogens with zero attached hydrogens (tertiary/aromatic N) is 1. The number of carbonyl (C=O) groups is 1. The molecular formula is C14H21N3O3S. The third kappa shape index (κ3) is 5.63. The van der Waals surface area contributed by atoms with Gasteiger partial charge in [0.05, 0.1) is 11.0 Å². The van der Waals surface area contributed by atoms with Crippen LogP contribution in [0.1, 0.15) is 32.4 Å². The lowest BCUT2D eigenvalue weighted by atomic mass is 10.1. The van der Waals surface area contributed by atoms with Crippen LogP contribution >= 0.6 is 11.8 Å². The fourth-order valence-electron chi connectivity index (χ4n) is 1.60. The molecule has 21 heavy (non-hydrogen) atoms. The van der Waals surface area contributed by atoms with Crippen molar-refractivity contribution >= 4 is 23.5 Å². The average Bonchev–Trinajstić information content (AvgIpc) is 2.45. The molecule has 0 heterocycles. The van der Waals surface area contributed by atoms with E-state index in [0.29, 0.717) is 12.1 Å². The lowest BCUT2D eigenvalue weighted by Gasteiger charge is -2.23. The fourth-order valence-corrected chi connectivity index (χ4v) is 1.82. The molecule has 116 valence electrons. The van der Waals surface area contributed by atoms with Crippen LogP contribution in [0.4, 0.5) is 10.5 Å². The summed E-state index contributed by atoms with van der Waals surface area (Å²) in [5.41, 5.74) is 0.716. The average molecular weight is 311 g/mol. The Morgan fingerprint density at radius 2 is 2.14 bits per heavy atom. The molecule has 0 aliphatic carbocycles. The number of carbonyl (C=O) groups excluding carboxylic acids is 1. The number of benzene rings is 1. The molecule has 2 amide bonds. The molecule has 1 rings (SSSR count). The van der Waals surface area contributed by atoms with Crippen molar-refractivity contribution in [2.45, 2.75) is 31.6 Å². The van der Waals surface area contributed by atoms with Gasteiger partial charge in [0.2, 0.25) is 0 Å². The molecule has 0 spiro atoms. The molecule has 0 saturated heterocycles. The minimum absolute atomic E-state index is 0.0186. The lowest BCUT2D eigenvalue weighted by Crippen LogP contribution is -2.42. The molecule has 0 radical (unpaired) electrons. The Hall–Kier alpha value is -1.76. The third-order valence-electron chi connectivity index (χ3n) is 3.16. The quantitative estimate of drug-likeness (QED) is 0.624. The monoisotopic (exact) mass is 311 g/mol. The van der Waals surface area contributed by atoms with Gasteiger partial charge < -0.3 is 10.6 Å². The summed E-state index contributed by atoms with van der Waals surface area (Å²) in [6.45, 7) is 6.42. The number of non-ortho nitro benzene ring substituents is 1. The highest BCUT2D eigenvalue weighted by atomic mass is 32.2. The van der Waals surface area contributed by atoms with Crippen molar-refractivity contribution in [2.24, 2.45) is 0 Å². The van der Waals surface area contributed by atoms with E-state index in [1.54, 1.807) is 30.8 Å². The summed E-state index contributed by atoms with van der Waals surface area (Å²) >= 11 is 1.67. The van der Waals surface area contributed by atoms with Crippen LogP contribution in [-0.2, 0) is 0 Å². The second-order valence-electron chi connectivity index (χ2n) is 5.36. The van der Waals surface area contributed by atoms with Gasteiger partial charge in [-0.1, -0.05) is 12.1 Å². The summed E-state index contributed by atoms with van der Waals surface area (Å²) in [6, 6.07) is 5.68. The van der Waals surface area contributed by atoms with E-state index in [1.165, 1.54) is 12.1 Å². The molecule has 0 fully saturated rings. The van der Waals surface area contributed by atoms with Gasteiger partial charge in [0, 0.05) is 23.4 Å². The fraction of sp³-hybridized carbons (Fsp3) is 0.500. The van der Waals surface area contributed by atoms with Crippen molar-refractivity contribution in [3.05, 3.63) is 39.9 Å². The number of nitro benzene ring substituents is 1. The first-order valence-electron chi connectivity index (χ1n) is 6.59. The van der Waals surface area contributed by atoms with Crippen LogP contribution in [0.25, 0.3) is 0 Å². The van der Waals surface area contributed by atoms with E-state index in [4.69, 9.17) is 0 Å². The number of rotatable bonds is 6. The summed E-state index contributed by atoms with van der Waals surface area (Å²) < 4.78 is -0.0356. The second-order valence-corrected chi connectivity index (χ2v) is 6.88. The third-order valence-corrected chi connectivity index (χ3v) is 4.41. The molecule has 7 heteroatoms. The molecule has 1 aromatic rings. The number of nitro groups is 1. The zero-order valence-corrected chi connectivity index (χ0v) is 13.5. The molecule has 1 aromatic carbocycles. The van der Waals surface area contributed by atoms with Gasteiger partial charge in [0.25, 0.3) is 5.69 Å². The van der Waals surface area contributed by atoms with E-state index in [9.17, 15) is 14.9 Å². The number of hydrogen-bond acceptors (Lipinski definition) is 4. The minimum Gasteiger partial charge on any atom is -0.337 e. The van der Waals surface area contributed by atoms with Crippen molar-refractivity contribution in [1.82, 2.24) is 10.6 Å². The summed E-state index contributed by atoms with van der Waals surface area (Å²) in [5, 5.41) is 16.3. The molecule has 0 aliphatic heterocycles. The van der Waals surface area contributed by atoms with Gasteiger partial charge in [-0.15, -0.1) is 0 Å². The molecule has 0 aliphatic rings. The molecule has 0 saturated carbocycles. The highest BCUT2D eigenvalue weighted by molar-refractivity contribution is 7.99. The van der Waals surface area contributed by atoms with Crippen LogP contribution in [0.5, 0.6) is 0 Å². The Kier molecular flexibility index (Phi) is 6.02. The molecule has 0 unspecified atom stereocenters. The first-order chi connectivity index (χ1) is 9.75. The molecule has 0 aromatic heterocycles. The molecule has 6 nitrogen and oxygen atoms in total. The summed E-state index contributed by atoms with van der Waals surface area (Å²) in [4.78, 5) is 22.1. The highest BCUT2D eigenvalue weighted by Gasteiger charge is 2.18. The van der Waals surface area contributed by atoms with Crippen LogP contribution in [0, 0.1) is 10.1 Å². The van der Waals surface area contributed by atoms with Crippen LogP contribution in [0.2, 0.25) is 0 Å². The van der Waals surface area contributed by atoms with Crippen molar-refractivity contribution in [3.63, 3.8) is 0 Å². The van der Waals surface area contributed by atoms with E-state index in [-0.39, 0.29) is 22.5 Å². The Bertz CT molecular complexity index is 520. The summed E-state index contributed by atoms with van der Waals surface area (Å²) in [7, 11) is 0. The number of hydrogen-bond donors (Lipinski definition) is 2. The van der Waals surface area contributed by atoms with Crippen molar-refractivity contribution in [2.75, 3.05) is 12.8 Å². The predicted molar refractivity (Wildman–Crippen MR) is 85.6 cm³/mol. The maximum Gasteiger partial charge on any atom is 0.315 e. The Balaban J connectivity index is 2.60. The normalized spacial score (nSPS) is 12.6. The van der Waals surface area contributed by atoms with Gasteiger partial charge in [-0.3, -0.25) is 10.1 Å². The van der Waals surface area contributed by atoms with Crippen LogP contribution < -0.4 is 10.6 Å². The smallest absolute Gasteiger partial charge is 0.315 e. The number of urea groups is 1. The van der Waals surface area contributed by atoms with Gasteiger partial charge >= 0.3 is 6.03 Å². The maximum absolute atomic E-state index is 11.8. The number of amides is 2. The van der Waals surface area contributed by atoms with Crippen molar-refractivity contribution in [3.8, 4) is 0 Å².